The normalized spacial score (nSPS) is 29.6. The summed E-state index contributed by atoms with van der Waals surface area (Å²) in [7, 11) is 0. The molecule has 1 saturated heterocycles. The van der Waals surface area contributed by atoms with E-state index in [2.05, 4.69) is 11.0 Å². The van der Waals surface area contributed by atoms with Crippen molar-refractivity contribution in [1.82, 2.24) is 4.90 Å². The second-order valence-electron chi connectivity index (χ2n) is 5.94. The molecule has 0 unspecified atom stereocenters. The van der Waals surface area contributed by atoms with Gasteiger partial charge in [-0.25, -0.2) is 0 Å². The average molecular weight is 316 g/mol. The Kier molecular flexibility index (Phi) is 4.39. The van der Waals surface area contributed by atoms with Crippen LogP contribution in [0.2, 0.25) is 5.02 Å². The highest BCUT2D eigenvalue weighted by atomic mass is 35.5. The number of aliphatic hydroxyl groups excluding tert-OH is 1. The third kappa shape index (κ3) is 2.64. The first-order valence-corrected chi connectivity index (χ1v) is 8.65. The zero-order valence-electron chi connectivity index (χ0n) is 11.8. The van der Waals surface area contributed by atoms with Crippen molar-refractivity contribution < 1.29 is 9.84 Å². The van der Waals surface area contributed by atoms with Crippen molar-refractivity contribution in [3.8, 4) is 0 Å². The lowest BCUT2D eigenvalue weighted by molar-refractivity contribution is -0.209. The van der Waals surface area contributed by atoms with E-state index in [0.29, 0.717) is 0 Å². The Hall–Kier alpha value is -0.130. The van der Waals surface area contributed by atoms with Gasteiger partial charge in [0, 0.05) is 35.2 Å². The van der Waals surface area contributed by atoms with Crippen molar-refractivity contribution in [2.24, 2.45) is 5.41 Å². The van der Waals surface area contributed by atoms with Gasteiger partial charge in [0.25, 0.3) is 0 Å². The molecule has 2 atom stereocenters. The topological polar surface area (TPSA) is 32.7 Å². The highest BCUT2D eigenvalue weighted by Crippen LogP contribution is 2.51. The summed E-state index contributed by atoms with van der Waals surface area (Å²) in [5.74, 6) is 0. The summed E-state index contributed by atoms with van der Waals surface area (Å²) in [4.78, 5) is 3.78. The Balaban J connectivity index is 1.56. The third-order valence-electron chi connectivity index (χ3n) is 4.90. The summed E-state index contributed by atoms with van der Waals surface area (Å²) in [6.07, 6.45) is 2.99. The van der Waals surface area contributed by atoms with E-state index in [-0.39, 0.29) is 17.6 Å². The largest absolute Gasteiger partial charge is 0.392 e. The van der Waals surface area contributed by atoms with Crippen LogP contribution in [-0.2, 0) is 11.3 Å². The van der Waals surface area contributed by atoms with Crippen molar-refractivity contribution in [2.45, 2.75) is 44.9 Å². The van der Waals surface area contributed by atoms with E-state index < -0.39 is 0 Å². The zero-order valence-corrected chi connectivity index (χ0v) is 13.4. The molecule has 0 bridgehead atoms. The monoisotopic (exact) mass is 315 g/mol. The fourth-order valence-electron chi connectivity index (χ4n) is 3.60. The maximum absolute atomic E-state index is 10.2. The molecule has 3 nitrogen and oxygen atoms in total. The number of halogens is 1. The first-order chi connectivity index (χ1) is 9.64. The number of hydrogen-bond acceptors (Lipinski definition) is 4. The summed E-state index contributed by atoms with van der Waals surface area (Å²) >= 11 is 7.69. The van der Waals surface area contributed by atoms with Gasteiger partial charge in [-0.3, -0.25) is 4.90 Å². The number of aliphatic hydroxyl groups is 1. The molecule has 1 aliphatic carbocycles. The maximum atomic E-state index is 10.2. The Labute approximate surface area is 129 Å². The average Bonchev–Trinajstić information content (AvgIpc) is 2.85. The molecule has 2 fully saturated rings. The van der Waals surface area contributed by atoms with E-state index in [0.717, 1.165) is 50.5 Å². The van der Waals surface area contributed by atoms with E-state index in [1.165, 1.54) is 4.88 Å². The first-order valence-electron chi connectivity index (χ1n) is 7.39. The second kappa shape index (κ2) is 5.93. The lowest BCUT2D eigenvalue weighted by Gasteiger charge is -2.56. The third-order valence-corrected chi connectivity index (χ3v) is 6.17. The Morgan fingerprint density at radius 1 is 1.50 bits per heavy atom. The summed E-state index contributed by atoms with van der Waals surface area (Å²) < 4.78 is 5.80. The fourth-order valence-corrected chi connectivity index (χ4v) is 4.72. The molecule has 0 amide bonds. The van der Waals surface area contributed by atoms with Crippen LogP contribution in [0, 0.1) is 5.41 Å². The number of nitrogens with zero attached hydrogens (tertiary/aromatic N) is 1. The van der Waals surface area contributed by atoms with Gasteiger partial charge in [-0.2, -0.15) is 0 Å². The SMILES string of the molecule is CCO[C@@H]1C[C@@H](O)C12CCN(Cc1cc(Cl)cs1)CC2. The van der Waals surface area contributed by atoms with E-state index in [4.69, 9.17) is 16.3 Å². The van der Waals surface area contributed by atoms with Crippen LogP contribution in [0.4, 0.5) is 0 Å². The van der Waals surface area contributed by atoms with Gasteiger partial charge in [-0.15, -0.1) is 11.3 Å². The standard InChI is InChI=1S/C15H22ClNO2S/c1-2-19-14-8-13(18)15(14)3-5-17(6-4-15)9-12-7-11(16)10-20-12/h7,10,13-14,18H,2-6,8-9H2,1H3/t13-,14-/m1/s1. The van der Waals surface area contributed by atoms with Crippen LogP contribution in [0.25, 0.3) is 0 Å². The predicted octanol–water partition coefficient (Wildman–Crippen LogP) is 3.15. The van der Waals surface area contributed by atoms with Crippen LogP contribution < -0.4 is 0 Å². The molecule has 112 valence electrons. The minimum Gasteiger partial charge on any atom is -0.392 e. The van der Waals surface area contributed by atoms with Crippen LogP contribution in [0.5, 0.6) is 0 Å². The predicted molar refractivity (Wildman–Crippen MR) is 82.3 cm³/mol. The molecular formula is C15H22ClNO2S. The smallest absolute Gasteiger partial charge is 0.0681 e. The number of rotatable bonds is 4. The zero-order chi connectivity index (χ0) is 14.2. The summed E-state index contributed by atoms with van der Waals surface area (Å²) in [5.41, 5.74) is 0.0274. The van der Waals surface area contributed by atoms with Crippen LogP contribution in [0.1, 0.15) is 31.1 Å². The molecule has 2 aliphatic rings. The van der Waals surface area contributed by atoms with Crippen molar-refractivity contribution >= 4 is 22.9 Å². The number of thiophene rings is 1. The van der Waals surface area contributed by atoms with Gasteiger partial charge in [0.05, 0.1) is 17.2 Å². The van der Waals surface area contributed by atoms with Crippen LogP contribution in [0.3, 0.4) is 0 Å². The molecule has 1 aliphatic heterocycles. The molecule has 1 aromatic rings. The van der Waals surface area contributed by atoms with E-state index in [9.17, 15) is 5.11 Å². The Morgan fingerprint density at radius 2 is 2.25 bits per heavy atom. The van der Waals surface area contributed by atoms with Crippen LogP contribution in [0.15, 0.2) is 11.4 Å². The molecule has 1 aromatic heterocycles. The first kappa shape index (κ1) is 14.8. The minimum atomic E-state index is -0.169. The number of piperidine rings is 1. The van der Waals surface area contributed by atoms with Gasteiger partial charge in [-0.05, 0) is 38.9 Å². The molecule has 1 N–H and O–H groups in total. The van der Waals surface area contributed by atoms with Crippen molar-refractivity contribution in [3.63, 3.8) is 0 Å². The lowest BCUT2D eigenvalue weighted by atomic mass is 9.58. The molecule has 2 heterocycles. The molecule has 1 saturated carbocycles. The summed E-state index contributed by atoms with van der Waals surface area (Å²) in [6.45, 7) is 5.83. The van der Waals surface area contributed by atoms with Gasteiger partial charge >= 0.3 is 0 Å². The summed E-state index contributed by atoms with van der Waals surface area (Å²) in [5, 5.41) is 13.0. The Morgan fingerprint density at radius 3 is 2.80 bits per heavy atom. The molecule has 0 aromatic carbocycles. The van der Waals surface area contributed by atoms with Gasteiger partial charge < -0.3 is 9.84 Å². The molecule has 0 radical (unpaired) electrons. The minimum absolute atomic E-state index is 0.0274. The maximum Gasteiger partial charge on any atom is 0.0681 e. The van der Waals surface area contributed by atoms with E-state index in [1.54, 1.807) is 11.3 Å². The lowest BCUT2D eigenvalue weighted by Crippen LogP contribution is -2.62. The molecule has 3 rings (SSSR count). The van der Waals surface area contributed by atoms with Gasteiger partial charge in [-0.1, -0.05) is 11.6 Å². The molecular weight excluding hydrogens is 294 g/mol. The van der Waals surface area contributed by atoms with Gasteiger partial charge in [0.2, 0.25) is 0 Å². The fraction of sp³-hybridized carbons (Fsp3) is 0.733. The molecule has 20 heavy (non-hydrogen) atoms. The van der Waals surface area contributed by atoms with Crippen LogP contribution in [-0.4, -0.2) is 41.9 Å². The molecule has 1 spiro atoms. The van der Waals surface area contributed by atoms with Crippen molar-refractivity contribution in [2.75, 3.05) is 19.7 Å². The highest BCUT2D eigenvalue weighted by molar-refractivity contribution is 7.10. The number of hydrogen-bond donors (Lipinski definition) is 1. The van der Waals surface area contributed by atoms with Crippen molar-refractivity contribution in [1.29, 1.82) is 0 Å². The Bertz CT molecular complexity index is 454. The quantitative estimate of drug-likeness (QED) is 0.926. The van der Waals surface area contributed by atoms with E-state index in [1.807, 2.05) is 12.3 Å². The number of likely N-dealkylation sites (tertiary alicyclic amines) is 1. The van der Waals surface area contributed by atoms with Crippen LogP contribution >= 0.6 is 22.9 Å². The van der Waals surface area contributed by atoms with E-state index >= 15 is 0 Å². The molecule has 5 heteroatoms. The highest BCUT2D eigenvalue weighted by Gasteiger charge is 2.55. The second-order valence-corrected chi connectivity index (χ2v) is 7.37. The van der Waals surface area contributed by atoms with Gasteiger partial charge in [0.15, 0.2) is 0 Å². The summed E-state index contributed by atoms with van der Waals surface area (Å²) in [6, 6.07) is 2.05. The van der Waals surface area contributed by atoms with Gasteiger partial charge in [0.1, 0.15) is 0 Å². The number of ether oxygens (including phenoxy) is 1. The van der Waals surface area contributed by atoms with Crippen molar-refractivity contribution in [3.05, 3.63) is 21.3 Å².